The van der Waals surface area contributed by atoms with E-state index in [1.54, 1.807) is 56.3 Å². The summed E-state index contributed by atoms with van der Waals surface area (Å²) in [5.74, 6) is -0.715. The van der Waals surface area contributed by atoms with Gasteiger partial charge in [0, 0.05) is 17.8 Å². The summed E-state index contributed by atoms with van der Waals surface area (Å²) in [7, 11) is -3.03. The fraction of sp³-hybridized carbons (Fsp3) is 0.450. The van der Waals surface area contributed by atoms with Crippen LogP contribution in [0.4, 0.5) is 15.4 Å². The van der Waals surface area contributed by atoms with Crippen LogP contribution in [0.25, 0.3) is 11.6 Å². The van der Waals surface area contributed by atoms with Crippen LogP contribution in [0.15, 0.2) is 71.9 Å². The quantitative estimate of drug-likeness (QED) is 0.0258. The summed E-state index contributed by atoms with van der Waals surface area (Å²) < 4.78 is 68.8. The number of anilines is 1. The smallest absolute Gasteiger partial charge is 0.493 e. The topological polar surface area (TPSA) is 301 Å². The van der Waals surface area contributed by atoms with E-state index in [0.717, 1.165) is 0 Å². The average Bonchev–Trinajstić information content (AvgIpc) is 3.28. The van der Waals surface area contributed by atoms with Crippen molar-refractivity contribution < 1.29 is 71.0 Å². The first-order chi connectivity index (χ1) is 31.2. The molecule has 352 valence electrons. The highest BCUT2D eigenvalue weighted by Gasteiger charge is 2.28. The van der Waals surface area contributed by atoms with E-state index in [1.165, 1.54) is 31.6 Å². The van der Waals surface area contributed by atoms with Crippen molar-refractivity contribution in [3.63, 3.8) is 0 Å². The van der Waals surface area contributed by atoms with Crippen LogP contribution in [0.1, 0.15) is 64.4 Å². The Morgan fingerprint density at radius 2 is 1.23 bits per heavy atom. The first kappa shape index (κ1) is 50.3. The molecule has 2 heterocycles. The molecule has 4 rings (SSSR count). The zero-order chi connectivity index (χ0) is 47.1. The molecular formula is C40H49N7O17S. The van der Waals surface area contributed by atoms with Crippen LogP contribution in [0, 0.1) is 20.2 Å². The van der Waals surface area contributed by atoms with Crippen molar-refractivity contribution in [2.24, 2.45) is 0 Å². The highest BCUT2D eigenvalue weighted by molar-refractivity contribution is 7.92. The number of nitrogens with one attached hydrogen (secondary N) is 1. The Labute approximate surface area is 373 Å². The Hall–Kier alpha value is -7.31. The summed E-state index contributed by atoms with van der Waals surface area (Å²) in [5.41, 5.74) is -0.158. The van der Waals surface area contributed by atoms with Crippen molar-refractivity contribution in [1.82, 2.24) is 19.9 Å². The lowest BCUT2D eigenvalue weighted by Crippen LogP contribution is -2.27. The number of hydrogen-bond donors (Lipinski definition) is 1. The largest absolute Gasteiger partial charge is 0.508 e. The molecular weight excluding hydrogens is 883 g/mol. The lowest BCUT2D eigenvalue weighted by atomic mass is 9.86. The van der Waals surface area contributed by atoms with Gasteiger partial charge in [0.05, 0.1) is 38.4 Å². The van der Waals surface area contributed by atoms with Crippen LogP contribution < -0.4 is 18.9 Å². The average molecular weight is 932 g/mol. The minimum absolute atomic E-state index is 0.00441. The van der Waals surface area contributed by atoms with Crippen molar-refractivity contribution in [3.05, 3.63) is 92.8 Å². The summed E-state index contributed by atoms with van der Waals surface area (Å²) in [5, 5.41) is 18.7. The number of carbonyl (C=O) groups excluding carboxylic acids is 2. The number of ether oxygens (including phenoxy) is 7. The van der Waals surface area contributed by atoms with Crippen LogP contribution in [-0.4, -0.2) is 104 Å². The third-order valence-electron chi connectivity index (χ3n) is 8.81. The maximum absolute atomic E-state index is 14.1. The maximum atomic E-state index is 14.1. The van der Waals surface area contributed by atoms with E-state index in [0.29, 0.717) is 50.5 Å². The van der Waals surface area contributed by atoms with Gasteiger partial charge in [-0.15, -0.1) is 20.2 Å². The molecule has 0 fully saturated rings. The Bertz CT molecular complexity index is 2270. The van der Waals surface area contributed by atoms with E-state index in [2.05, 4.69) is 34.3 Å². The highest BCUT2D eigenvalue weighted by atomic mass is 32.2. The van der Waals surface area contributed by atoms with E-state index in [4.69, 9.17) is 33.2 Å². The van der Waals surface area contributed by atoms with Gasteiger partial charge in [0.2, 0.25) is 11.6 Å². The number of rotatable bonds is 29. The Kier molecular flexibility index (Phi) is 19.9. The van der Waals surface area contributed by atoms with Gasteiger partial charge in [-0.05, 0) is 74.4 Å². The molecule has 2 aromatic carbocycles. The fourth-order valence-corrected chi connectivity index (χ4v) is 6.49. The fourth-order valence-electron chi connectivity index (χ4n) is 5.49. The first-order valence-corrected chi connectivity index (χ1v) is 21.6. The van der Waals surface area contributed by atoms with Crippen LogP contribution in [-0.2, 0) is 44.1 Å². The number of hydrogen-bond acceptors (Lipinski definition) is 21. The van der Waals surface area contributed by atoms with Gasteiger partial charge in [-0.1, -0.05) is 44.5 Å². The van der Waals surface area contributed by atoms with Gasteiger partial charge in [0.25, 0.3) is 26.1 Å². The van der Waals surface area contributed by atoms with E-state index in [-0.39, 0.29) is 91.7 Å². The molecule has 4 aromatic rings. The molecule has 0 aliphatic carbocycles. The number of unbranched alkanes of at least 4 members (excludes halogenated alkanes) is 5. The zero-order valence-electron chi connectivity index (χ0n) is 35.8. The third-order valence-corrected chi connectivity index (χ3v) is 10.2. The molecule has 0 aliphatic rings. The lowest BCUT2D eigenvalue weighted by Gasteiger charge is -2.25. The van der Waals surface area contributed by atoms with Crippen molar-refractivity contribution in [1.29, 1.82) is 0 Å². The van der Waals surface area contributed by atoms with Crippen molar-refractivity contribution in [2.45, 2.75) is 69.1 Å². The summed E-state index contributed by atoms with van der Waals surface area (Å²) in [6, 6.07) is 13.9. The van der Waals surface area contributed by atoms with Crippen LogP contribution in [0.3, 0.4) is 0 Å². The summed E-state index contributed by atoms with van der Waals surface area (Å²) >= 11 is 0. The molecule has 2 aromatic heterocycles. The van der Waals surface area contributed by atoms with Gasteiger partial charge in [0.15, 0.2) is 23.1 Å². The molecule has 0 spiro atoms. The van der Waals surface area contributed by atoms with Crippen LogP contribution >= 0.6 is 0 Å². The molecule has 0 bridgehead atoms. The number of methoxy groups -OCH3 is 1. The number of sulfonamides is 1. The summed E-state index contributed by atoms with van der Waals surface area (Å²) in [4.78, 5) is 70.5. The number of para-hydroxylation sites is 2. The van der Waals surface area contributed by atoms with Gasteiger partial charge in [0.1, 0.15) is 19.8 Å². The standard InChI is InChI=1S/C40H49N7O17S/c1-40(2,28-61-39(49)59-23-10-6-12-25-63-47(52)53)29-16-18-30(19-17-29)65(54,55)45-34-33(64-32-15-8-7-14-31(32)56-3)37(44-36(43-34)35-41-20-13-21-42-35)57-26-27-60-38(48)58-22-9-4-5-11-24-62-46(50)51/h7-8,13-21H,4-6,9-12,22-28H2,1-3H3,(H,43,44,45). The SMILES string of the molecule is COc1ccccc1Oc1c(NS(=O)(=O)c2ccc(C(C)(C)COC(=O)OCCCCCO[N+](=O)[O-])cc2)nc(-c2ncccn2)nc1OCCOC(=O)OCCCCCCO[N+](=O)[O-]. The minimum atomic E-state index is -4.44. The predicted octanol–water partition coefficient (Wildman–Crippen LogP) is 6.65. The van der Waals surface area contributed by atoms with Gasteiger partial charge in [-0.25, -0.2) is 33.0 Å². The number of aromatic nitrogens is 4. The molecule has 65 heavy (non-hydrogen) atoms. The summed E-state index contributed by atoms with van der Waals surface area (Å²) in [6.07, 6.45) is 4.63. The van der Waals surface area contributed by atoms with E-state index in [1.807, 2.05) is 0 Å². The maximum Gasteiger partial charge on any atom is 0.508 e. The van der Waals surface area contributed by atoms with Gasteiger partial charge in [-0.2, -0.15) is 4.98 Å². The molecule has 0 saturated heterocycles. The predicted molar refractivity (Wildman–Crippen MR) is 225 cm³/mol. The number of carbonyl (C=O) groups is 2. The second-order valence-electron chi connectivity index (χ2n) is 14.1. The molecule has 25 heteroatoms. The normalized spacial score (nSPS) is 11.1. The van der Waals surface area contributed by atoms with Crippen molar-refractivity contribution >= 4 is 28.2 Å². The second kappa shape index (κ2) is 25.7. The second-order valence-corrected chi connectivity index (χ2v) is 15.8. The zero-order valence-corrected chi connectivity index (χ0v) is 36.6. The third kappa shape index (κ3) is 17.4. The molecule has 1 N–H and O–H groups in total. The highest BCUT2D eigenvalue weighted by Crippen LogP contribution is 2.41. The lowest BCUT2D eigenvalue weighted by molar-refractivity contribution is -0.757. The molecule has 0 radical (unpaired) electrons. The monoisotopic (exact) mass is 931 g/mol. The molecule has 0 atom stereocenters. The minimum Gasteiger partial charge on any atom is -0.493 e. The number of nitrogens with zero attached hydrogens (tertiary/aromatic N) is 6. The molecule has 0 amide bonds. The van der Waals surface area contributed by atoms with E-state index < -0.39 is 37.9 Å². The Morgan fingerprint density at radius 1 is 0.677 bits per heavy atom. The molecule has 0 aliphatic heterocycles. The van der Waals surface area contributed by atoms with Gasteiger partial charge < -0.3 is 42.8 Å². The first-order valence-electron chi connectivity index (χ1n) is 20.1. The molecule has 24 nitrogen and oxygen atoms in total. The van der Waals surface area contributed by atoms with Crippen molar-refractivity contribution in [3.8, 4) is 34.8 Å². The van der Waals surface area contributed by atoms with Crippen molar-refractivity contribution in [2.75, 3.05) is 58.1 Å². The molecule has 0 saturated carbocycles. The van der Waals surface area contributed by atoms with E-state index in [9.17, 15) is 38.2 Å². The van der Waals surface area contributed by atoms with Crippen LogP contribution in [0.5, 0.6) is 23.1 Å². The Morgan fingerprint density at radius 3 is 1.83 bits per heavy atom. The van der Waals surface area contributed by atoms with Gasteiger partial charge in [-0.3, -0.25) is 4.72 Å². The summed E-state index contributed by atoms with van der Waals surface area (Å²) in [6.45, 7) is 2.85. The van der Waals surface area contributed by atoms with E-state index >= 15 is 0 Å². The Balaban J connectivity index is 1.48. The van der Waals surface area contributed by atoms with Gasteiger partial charge >= 0.3 is 12.3 Å². The van der Waals surface area contributed by atoms with Crippen LogP contribution in [0.2, 0.25) is 0 Å². The number of benzene rings is 2. The molecule has 0 unspecified atom stereocenters.